The fourth-order valence-electron chi connectivity index (χ4n) is 2.22. The Kier molecular flexibility index (Phi) is 2.80. The third-order valence-electron chi connectivity index (χ3n) is 3.43. The SMILES string of the molecule is CC1(Cn2cncc2C(N)CO)CCC1. The average Bonchev–Trinajstić information content (AvgIpc) is 2.62. The fourth-order valence-corrected chi connectivity index (χ4v) is 2.22. The van der Waals surface area contributed by atoms with Crippen molar-refractivity contribution in [3.63, 3.8) is 0 Å². The lowest BCUT2D eigenvalue weighted by Crippen LogP contribution is -2.32. The molecule has 1 atom stereocenters. The van der Waals surface area contributed by atoms with Crippen LogP contribution in [-0.2, 0) is 6.54 Å². The lowest BCUT2D eigenvalue weighted by Gasteiger charge is -2.39. The van der Waals surface area contributed by atoms with Crippen molar-refractivity contribution in [2.75, 3.05) is 6.61 Å². The summed E-state index contributed by atoms with van der Waals surface area (Å²) in [5.41, 5.74) is 7.15. The summed E-state index contributed by atoms with van der Waals surface area (Å²) in [7, 11) is 0. The highest BCUT2D eigenvalue weighted by molar-refractivity contribution is 5.05. The molecule has 15 heavy (non-hydrogen) atoms. The molecule has 1 aliphatic rings. The van der Waals surface area contributed by atoms with E-state index in [0.29, 0.717) is 5.41 Å². The monoisotopic (exact) mass is 209 g/mol. The first-order chi connectivity index (χ1) is 7.14. The molecule has 4 heteroatoms. The summed E-state index contributed by atoms with van der Waals surface area (Å²) in [5.74, 6) is 0. The number of imidazole rings is 1. The van der Waals surface area contributed by atoms with E-state index in [4.69, 9.17) is 10.8 Å². The van der Waals surface area contributed by atoms with Crippen LogP contribution < -0.4 is 5.73 Å². The van der Waals surface area contributed by atoms with Gasteiger partial charge in [0.05, 0.1) is 24.7 Å². The van der Waals surface area contributed by atoms with Gasteiger partial charge in [0, 0.05) is 12.7 Å². The number of rotatable bonds is 4. The van der Waals surface area contributed by atoms with Gasteiger partial charge in [-0.1, -0.05) is 13.3 Å². The van der Waals surface area contributed by atoms with E-state index in [2.05, 4.69) is 16.5 Å². The smallest absolute Gasteiger partial charge is 0.0948 e. The Morgan fingerprint density at radius 3 is 2.93 bits per heavy atom. The number of hydrogen-bond donors (Lipinski definition) is 2. The summed E-state index contributed by atoms with van der Waals surface area (Å²) in [6, 6.07) is -0.309. The summed E-state index contributed by atoms with van der Waals surface area (Å²) in [4.78, 5) is 4.11. The summed E-state index contributed by atoms with van der Waals surface area (Å²) in [6.45, 7) is 3.24. The van der Waals surface area contributed by atoms with Crippen molar-refractivity contribution in [1.82, 2.24) is 9.55 Å². The zero-order valence-electron chi connectivity index (χ0n) is 9.19. The van der Waals surface area contributed by atoms with Crippen molar-refractivity contribution >= 4 is 0 Å². The van der Waals surface area contributed by atoms with Gasteiger partial charge in [-0.3, -0.25) is 0 Å². The van der Waals surface area contributed by atoms with Crippen LogP contribution in [0.1, 0.15) is 37.9 Å². The number of nitrogens with two attached hydrogens (primary N) is 1. The lowest BCUT2D eigenvalue weighted by molar-refractivity contribution is 0.129. The minimum absolute atomic E-state index is 0.0254. The van der Waals surface area contributed by atoms with Crippen LogP contribution in [0.4, 0.5) is 0 Å². The minimum Gasteiger partial charge on any atom is -0.394 e. The van der Waals surface area contributed by atoms with Crippen LogP contribution in [0, 0.1) is 5.41 Å². The van der Waals surface area contributed by atoms with E-state index in [-0.39, 0.29) is 12.6 Å². The minimum atomic E-state index is -0.309. The Balaban J connectivity index is 2.10. The maximum Gasteiger partial charge on any atom is 0.0948 e. The molecule has 0 radical (unpaired) electrons. The second-order valence-electron chi connectivity index (χ2n) is 4.90. The molecule has 2 rings (SSSR count). The number of aliphatic hydroxyl groups excluding tert-OH is 1. The van der Waals surface area contributed by atoms with Crippen molar-refractivity contribution < 1.29 is 5.11 Å². The van der Waals surface area contributed by atoms with Crippen molar-refractivity contribution in [1.29, 1.82) is 0 Å². The van der Waals surface area contributed by atoms with E-state index in [1.807, 2.05) is 6.33 Å². The second kappa shape index (κ2) is 3.94. The van der Waals surface area contributed by atoms with Gasteiger partial charge in [-0.15, -0.1) is 0 Å². The van der Waals surface area contributed by atoms with Gasteiger partial charge >= 0.3 is 0 Å². The number of hydrogen-bond acceptors (Lipinski definition) is 3. The standard InChI is InChI=1S/C11H19N3O/c1-11(3-2-4-11)7-14-8-13-5-10(14)9(12)6-15/h5,8-9,15H,2-4,6-7,12H2,1H3. The molecule has 0 saturated heterocycles. The topological polar surface area (TPSA) is 64.1 Å². The van der Waals surface area contributed by atoms with Gasteiger partial charge in [0.1, 0.15) is 0 Å². The fraction of sp³-hybridized carbons (Fsp3) is 0.727. The third-order valence-corrected chi connectivity index (χ3v) is 3.43. The van der Waals surface area contributed by atoms with E-state index >= 15 is 0 Å². The molecule has 0 spiro atoms. The van der Waals surface area contributed by atoms with Crippen LogP contribution in [-0.4, -0.2) is 21.3 Å². The molecule has 1 aliphatic carbocycles. The molecule has 3 N–H and O–H groups in total. The van der Waals surface area contributed by atoms with E-state index in [1.54, 1.807) is 6.20 Å². The highest BCUT2D eigenvalue weighted by Crippen LogP contribution is 2.41. The van der Waals surface area contributed by atoms with Gasteiger partial charge in [0.15, 0.2) is 0 Å². The summed E-state index contributed by atoms with van der Waals surface area (Å²) >= 11 is 0. The Morgan fingerprint density at radius 2 is 2.40 bits per heavy atom. The average molecular weight is 209 g/mol. The quantitative estimate of drug-likeness (QED) is 0.779. The lowest BCUT2D eigenvalue weighted by atomic mass is 9.70. The molecular weight excluding hydrogens is 190 g/mol. The van der Waals surface area contributed by atoms with Crippen molar-refractivity contribution in [3.8, 4) is 0 Å². The van der Waals surface area contributed by atoms with Crippen molar-refractivity contribution in [3.05, 3.63) is 18.2 Å². The van der Waals surface area contributed by atoms with E-state index in [9.17, 15) is 0 Å². The van der Waals surface area contributed by atoms with Crippen LogP contribution in [0.15, 0.2) is 12.5 Å². The number of aromatic nitrogens is 2. The molecular formula is C11H19N3O. The van der Waals surface area contributed by atoms with Gasteiger partial charge in [-0.25, -0.2) is 4.98 Å². The highest BCUT2D eigenvalue weighted by atomic mass is 16.3. The molecule has 84 valence electrons. The predicted octanol–water partition coefficient (Wildman–Crippen LogP) is 1.07. The van der Waals surface area contributed by atoms with Crippen LogP contribution in [0.3, 0.4) is 0 Å². The molecule has 0 aromatic carbocycles. The van der Waals surface area contributed by atoms with Crippen LogP contribution >= 0.6 is 0 Å². The molecule has 4 nitrogen and oxygen atoms in total. The first-order valence-electron chi connectivity index (χ1n) is 5.51. The van der Waals surface area contributed by atoms with Gasteiger partial charge < -0.3 is 15.4 Å². The summed E-state index contributed by atoms with van der Waals surface area (Å²) in [6.07, 6.45) is 7.45. The Labute approximate surface area is 90.1 Å². The maximum atomic E-state index is 9.03. The van der Waals surface area contributed by atoms with E-state index < -0.39 is 0 Å². The maximum absolute atomic E-state index is 9.03. The molecule has 1 fully saturated rings. The predicted molar refractivity (Wildman–Crippen MR) is 58.2 cm³/mol. The van der Waals surface area contributed by atoms with Gasteiger partial charge in [0.2, 0.25) is 0 Å². The summed E-state index contributed by atoms with van der Waals surface area (Å²) < 4.78 is 2.08. The first-order valence-corrected chi connectivity index (χ1v) is 5.51. The normalized spacial score (nSPS) is 21.0. The van der Waals surface area contributed by atoms with Crippen LogP contribution in [0.25, 0.3) is 0 Å². The zero-order chi connectivity index (χ0) is 10.9. The number of nitrogens with zero attached hydrogens (tertiary/aromatic N) is 2. The van der Waals surface area contributed by atoms with Crippen molar-refractivity contribution in [2.24, 2.45) is 11.1 Å². The number of aliphatic hydroxyl groups is 1. The molecule has 0 amide bonds. The zero-order valence-corrected chi connectivity index (χ0v) is 9.19. The van der Waals surface area contributed by atoms with Gasteiger partial charge in [-0.2, -0.15) is 0 Å². The van der Waals surface area contributed by atoms with Gasteiger partial charge in [0.25, 0.3) is 0 Å². The molecule has 0 bridgehead atoms. The highest BCUT2D eigenvalue weighted by Gasteiger charge is 2.32. The van der Waals surface area contributed by atoms with E-state index in [1.165, 1.54) is 19.3 Å². The van der Waals surface area contributed by atoms with Crippen LogP contribution in [0.5, 0.6) is 0 Å². The third kappa shape index (κ3) is 2.06. The Morgan fingerprint density at radius 1 is 1.67 bits per heavy atom. The summed E-state index contributed by atoms with van der Waals surface area (Å²) in [5, 5.41) is 9.03. The molecule has 1 saturated carbocycles. The molecule has 1 unspecified atom stereocenters. The first kappa shape index (κ1) is 10.6. The molecule has 1 aromatic rings. The Hall–Kier alpha value is -0.870. The second-order valence-corrected chi connectivity index (χ2v) is 4.90. The Bertz CT molecular complexity index is 330. The van der Waals surface area contributed by atoms with E-state index in [0.717, 1.165) is 12.2 Å². The van der Waals surface area contributed by atoms with Gasteiger partial charge in [-0.05, 0) is 18.3 Å². The molecule has 0 aliphatic heterocycles. The molecule has 1 heterocycles. The van der Waals surface area contributed by atoms with Crippen LogP contribution in [0.2, 0.25) is 0 Å². The molecule has 1 aromatic heterocycles. The largest absolute Gasteiger partial charge is 0.394 e. The van der Waals surface area contributed by atoms with Crippen molar-refractivity contribution in [2.45, 2.75) is 38.8 Å².